The van der Waals surface area contributed by atoms with Crippen molar-refractivity contribution >= 4 is 26.3 Å². The van der Waals surface area contributed by atoms with E-state index in [1.807, 2.05) is 12.1 Å². The second kappa shape index (κ2) is 21.4. The highest BCUT2D eigenvalue weighted by atomic mass is 32.5. The molecule has 370 valence electrons. The summed E-state index contributed by atoms with van der Waals surface area (Å²) in [5, 5.41) is 0. The number of hydrogen-bond donors (Lipinski definition) is 1. The number of methoxy groups -OCH3 is 2. The van der Waals surface area contributed by atoms with Crippen LogP contribution in [0, 0.1) is 36.0 Å². The van der Waals surface area contributed by atoms with E-state index in [0.717, 1.165) is 4.57 Å². The molecular formula is C49H41F5N2O12P2S. The number of benzene rings is 6. The number of ether oxygens (including phenoxy) is 4. The zero-order valence-corrected chi connectivity index (χ0v) is 40.1. The molecule has 71 heavy (non-hydrogen) atoms. The molecule has 1 aliphatic heterocycles. The molecule has 0 amide bonds. The average molecular weight is 1040 g/mol. The van der Waals surface area contributed by atoms with Gasteiger partial charge in [-0.2, -0.15) is 13.1 Å². The first kappa shape index (κ1) is 50.7. The maximum absolute atomic E-state index is 15.6. The maximum atomic E-state index is 15.6. The number of aromatic nitrogens is 2. The van der Waals surface area contributed by atoms with E-state index in [1.54, 1.807) is 78.9 Å². The average Bonchev–Trinajstić information content (AvgIpc) is 3.77. The SMILES string of the molecule is COc1ccc(C(OC[C@H]2O[C@@H](n3cc(C)c(=O)[nH]c3=O)C[C@@H]2OP(=S)(Oc2c(F)c(F)c(F)c(F)c2F)OP(=O)(Oc2ccccc2)Oc2ccccc2)(c2ccccc2)c2ccc(OC)cc2)cc1. The van der Waals surface area contributed by atoms with Gasteiger partial charge in [-0.3, -0.25) is 18.9 Å². The van der Waals surface area contributed by atoms with E-state index in [-0.39, 0.29) is 17.1 Å². The van der Waals surface area contributed by atoms with Crippen LogP contribution in [-0.2, 0) is 40.3 Å². The van der Waals surface area contributed by atoms with Crippen molar-refractivity contribution in [1.29, 1.82) is 0 Å². The largest absolute Gasteiger partial charge is 0.595 e. The Hall–Kier alpha value is -6.63. The Kier molecular flexibility index (Phi) is 15.3. The number of H-pyrrole nitrogens is 1. The lowest BCUT2D eigenvalue weighted by atomic mass is 9.80. The van der Waals surface area contributed by atoms with Gasteiger partial charge < -0.3 is 32.5 Å². The van der Waals surface area contributed by atoms with E-state index >= 15 is 8.78 Å². The summed E-state index contributed by atoms with van der Waals surface area (Å²) in [6.45, 7) is -4.44. The second-order valence-electron chi connectivity index (χ2n) is 15.6. The van der Waals surface area contributed by atoms with Crippen LogP contribution in [0.15, 0.2) is 155 Å². The summed E-state index contributed by atoms with van der Waals surface area (Å²) >= 11 is 5.75. The summed E-state index contributed by atoms with van der Waals surface area (Å²) in [7, 11) is -2.32. The number of nitrogens with one attached hydrogen (secondary N) is 1. The molecule has 0 radical (unpaired) electrons. The second-order valence-corrected chi connectivity index (χ2v) is 20.1. The van der Waals surface area contributed by atoms with Gasteiger partial charge in [-0.15, -0.1) is 0 Å². The number of phosphoric acid groups is 1. The molecule has 1 fully saturated rings. The number of nitrogens with zero attached hydrogens (tertiary/aromatic N) is 1. The Labute approximate surface area is 407 Å². The molecule has 1 saturated heterocycles. The van der Waals surface area contributed by atoms with E-state index in [9.17, 15) is 27.3 Å². The Balaban J connectivity index is 1.27. The molecule has 4 atom stereocenters. The van der Waals surface area contributed by atoms with Crippen molar-refractivity contribution in [2.75, 3.05) is 20.8 Å². The van der Waals surface area contributed by atoms with Gasteiger partial charge in [-0.25, -0.2) is 22.5 Å². The van der Waals surface area contributed by atoms with Crippen LogP contribution in [0.3, 0.4) is 0 Å². The number of halogens is 5. The normalized spacial score (nSPS) is 16.8. The van der Waals surface area contributed by atoms with E-state index in [1.165, 1.54) is 75.9 Å². The number of phosphoric ester groups is 1. The molecular weight excluding hydrogens is 998 g/mol. The highest BCUT2D eigenvalue weighted by Crippen LogP contribution is 2.67. The van der Waals surface area contributed by atoms with E-state index < -0.39 is 97.7 Å². The first-order valence-corrected chi connectivity index (χ1v) is 25.3. The van der Waals surface area contributed by atoms with Crippen molar-refractivity contribution in [3.8, 4) is 28.7 Å². The third-order valence-electron chi connectivity index (χ3n) is 11.0. The minimum absolute atomic E-state index is 0.0904. The van der Waals surface area contributed by atoms with Crippen LogP contribution < -0.4 is 34.3 Å². The number of rotatable bonds is 19. The predicted molar refractivity (Wildman–Crippen MR) is 252 cm³/mol. The number of para-hydroxylation sites is 2. The van der Waals surface area contributed by atoms with Crippen molar-refractivity contribution in [2.45, 2.75) is 37.4 Å². The van der Waals surface area contributed by atoms with E-state index in [0.29, 0.717) is 28.2 Å². The Morgan fingerprint density at radius 2 is 1.13 bits per heavy atom. The predicted octanol–water partition coefficient (Wildman–Crippen LogP) is 10.8. The highest BCUT2D eigenvalue weighted by molar-refractivity contribution is 8.09. The Morgan fingerprint density at radius 3 is 1.62 bits per heavy atom. The molecule has 0 saturated carbocycles. The molecule has 1 aliphatic rings. The standard InChI is InChI=1S/C49H41F5N2O12P2S/c1-30-28-56(48(58)55-47(30)57)40-27-38(39(63-40)29-62-49(31-13-7-4-8-14-31,32-19-23-34(60-2)24-20-32)33-21-25-35(61-3)26-22-33)66-70(71,67-46-44(53)42(51)41(50)43(52)45(46)54)68-69(59,64-36-15-9-5-10-16-36)65-37-17-11-6-12-18-37/h4-26,28,38-40H,27,29H2,1-3H3,(H,55,57,58)/t38-,39+,40+,70?/m0/s1. The molecule has 22 heteroatoms. The van der Waals surface area contributed by atoms with Gasteiger partial charge in [-0.1, -0.05) is 91.0 Å². The molecule has 0 spiro atoms. The summed E-state index contributed by atoms with van der Waals surface area (Å²) in [6.07, 6.45) is -3.62. The van der Waals surface area contributed by atoms with Crippen LogP contribution >= 0.6 is 14.5 Å². The fourth-order valence-corrected chi connectivity index (χ4v) is 12.2. The van der Waals surface area contributed by atoms with Crippen molar-refractivity contribution in [3.63, 3.8) is 0 Å². The highest BCUT2D eigenvalue weighted by Gasteiger charge is 2.49. The van der Waals surface area contributed by atoms with Gasteiger partial charge in [0.05, 0.1) is 20.8 Å². The Bertz CT molecular complexity index is 3090. The maximum Gasteiger partial charge on any atom is 0.595 e. The monoisotopic (exact) mass is 1040 g/mol. The van der Waals surface area contributed by atoms with Crippen molar-refractivity contribution < 1.29 is 67.9 Å². The lowest BCUT2D eigenvalue weighted by molar-refractivity contribution is -0.0922. The molecule has 1 N–H and O–H groups in total. The lowest BCUT2D eigenvalue weighted by Crippen LogP contribution is -2.38. The fraction of sp³-hybridized carbons (Fsp3) is 0.184. The summed E-state index contributed by atoms with van der Waals surface area (Å²) in [5.74, 6) is -13.5. The summed E-state index contributed by atoms with van der Waals surface area (Å²) in [4.78, 5) is 28.1. The van der Waals surface area contributed by atoms with Crippen LogP contribution in [0.2, 0.25) is 0 Å². The van der Waals surface area contributed by atoms with Gasteiger partial charge in [0.2, 0.25) is 34.8 Å². The first-order chi connectivity index (χ1) is 34.0. The number of aromatic amines is 1. The number of aryl methyl sites for hydroxylation is 1. The smallest absolute Gasteiger partial charge is 0.497 e. The zero-order chi connectivity index (χ0) is 50.5. The van der Waals surface area contributed by atoms with Gasteiger partial charge in [-0.05, 0) is 72.1 Å². The molecule has 14 nitrogen and oxygen atoms in total. The van der Waals surface area contributed by atoms with Crippen LogP contribution in [-0.4, -0.2) is 42.6 Å². The molecule has 8 rings (SSSR count). The lowest BCUT2D eigenvalue weighted by Gasteiger charge is -2.37. The van der Waals surface area contributed by atoms with Crippen molar-refractivity contribution in [3.05, 3.63) is 218 Å². The third-order valence-corrected chi connectivity index (χ3v) is 15.5. The van der Waals surface area contributed by atoms with Crippen molar-refractivity contribution in [1.82, 2.24) is 9.55 Å². The van der Waals surface area contributed by atoms with Gasteiger partial charge in [0.25, 0.3) is 5.56 Å². The molecule has 1 unspecified atom stereocenters. The van der Waals surface area contributed by atoms with Crippen LogP contribution in [0.4, 0.5) is 22.0 Å². The molecule has 1 aromatic heterocycles. The molecule has 7 aromatic rings. The van der Waals surface area contributed by atoms with Crippen molar-refractivity contribution in [2.24, 2.45) is 0 Å². The molecule has 0 aliphatic carbocycles. The van der Waals surface area contributed by atoms with Gasteiger partial charge >= 0.3 is 20.2 Å². The van der Waals surface area contributed by atoms with E-state index in [4.69, 9.17) is 53.2 Å². The quantitative estimate of drug-likeness (QED) is 0.0269. The van der Waals surface area contributed by atoms with Crippen LogP contribution in [0.1, 0.15) is 34.9 Å². The topological polar surface area (TPSA) is 155 Å². The van der Waals surface area contributed by atoms with Gasteiger partial charge in [0.15, 0.2) is 0 Å². The molecule has 6 aromatic carbocycles. The molecule has 0 bridgehead atoms. The van der Waals surface area contributed by atoms with E-state index in [2.05, 4.69) is 4.98 Å². The summed E-state index contributed by atoms with van der Waals surface area (Å²) in [6, 6.07) is 37.5. The van der Waals surface area contributed by atoms with Crippen LogP contribution in [0.25, 0.3) is 0 Å². The summed E-state index contributed by atoms with van der Waals surface area (Å²) in [5.41, 5.74) is -1.34. The minimum atomic E-state index is -5.36. The van der Waals surface area contributed by atoms with Gasteiger partial charge in [0.1, 0.15) is 47.0 Å². The molecule has 2 heterocycles. The first-order valence-electron chi connectivity index (χ1n) is 21.3. The zero-order valence-electron chi connectivity index (χ0n) is 37.5. The fourth-order valence-electron chi connectivity index (χ4n) is 7.61. The minimum Gasteiger partial charge on any atom is -0.497 e. The van der Waals surface area contributed by atoms with Gasteiger partial charge in [0, 0.05) is 30.0 Å². The number of hydrogen-bond acceptors (Lipinski definition) is 13. The van der Waals surface area contributed by atoms with Crippen LogP contribution in [0.5, 0.6) is 28.7 Å². The summed E-state index contributed by atoms with van der Waals surface area (Å²) < 4.78 is 145. The Morgan fingerprint density at radius 1 is 0.662 bits per heavy atom. The third kappa shape index (κ3) is 11.0.